The highest BCUT2D eigenvalue weighted by Crippen LogP contribution is 2.39. The summed E-state index contributed by atoms with van der Waals surface area (Å²) in [5, 5.41) is 9.42. The molecule has 6 heteroatoms. The summed E-state index contributed by atoms with van der Waals surface area (Å²) < 4.78 is 5.01. The van der Waals surface area contributed by atoms with Gasteiger partial charge in [-0.05, 0) is 6.26 Å². The Kier molecular flexibility index (Phi) is 3.37. The number of rotatable bonds is 2. The van der Waals surface area contributed by atoms with Crippen LogP contribution < -0.4 is 10.5 Å². The molecule has 76 valence electrons. The highest BCUT2D eigenvalue weighted by molar-refractivity contribution is 7.98. The topological polar surface area (TPSA) is 76.3 Å². The second kappa shape index (κ2) is 4.54. The van der Waals surface area contributed by atoms with E-state index in [4.69, 9.17) is 22.3 Å². The summed E-state index contributed by atoms with van der Waals surface area (Å²) in [4.78, 5) is 7.17. The number of nitrogen functional groups attached to an aromatic ring is 1. The molecule has 0 aliphatic rings. The standard InChI is InChI=1S/C9H8N4OS/c1-12-6-7(14-2)5(4-10)9(15-3)13-8(6)11/h2-3H3,(H2,11,13). The molecule has 1 aromatic heterocycles. The van der Waals surface area contributed by atoms with Crippen molar-refractivity contribution < 1.29 is 4.74 Å². The normalized spacial score (nSPS) is 9.07. The zero-order valence-corrected chi connectivity index (χ0v) is 9.05. The van der Waals surface area contributed by atoms with E-state index >= 15 is 0 Å². The molecule has 0 fully saturated rings. The Balaban J connectivity index is 3.63. The number of thioether (sulfide) groups is 1. The van der Waals surface area contributed by atoms with Gasteiger partial charge in [0.05, 0.1) is 13.7 Å². The summed E-state index contributed by atoms with van der Waals surface area (Å²) >= 11 is 1.29. The molecule has 5 nitrogen and oxygen atoms in total. The van der Waals surface area contributed by atoms with E-state index in [2.05, 4.69) is 9.83 Å². The van der Waals surface area contributed by atoms with Crippen molar-refractivity contribution in [2.45, 2.75) is 5.03 Å². The van der Waals surface area contributed by atoms with Gasteiger partial charge in [-0.1, -0.05) is 0 Å². The Labute approximate surface area is 91.7 Å². The highest BCUT2D eigenvalue weighted by atomic mass is 32.2. The fourth-order valence-electron chi connectivity index (χ4n) is 1.10. The number of nitriles is 1. The second-order valence-corrected chi connectivity index (χ2v) is 3.28. The van der Waals surface area contributed by atoms with E-state index in [-0.39, 0.29) is 22.8 Å². The first-order chi connectivity index (χ1) is 7.19. The Hall–Kier alpha value is -1.92. The maximum Gasteiger partial charge on any atom is 0.270 e. The van der Waals surface area contributed by atoms with Gasteiger partial charge in [0.15, 0.2) is 5.75 Å². The monoisotopic (exact) mass is 220 g/mol. The van der Waals surface area contributed by atoms with Crippen molar-refractivity contribution in [2.75, 3.05) is 19.1 Å². The molecule has 1 heterocycles. The fraction of sp³-hybridized carbons (Fsp3) is 0.222. The highest BCUT2D eigenvalue weighted by Gasteiger charge is 2.18. The first kappa shape index (κ1) is 11.2. The predicted octanol–water partition coefficient (Wildman–Crippen LogP) is 1.82. The quantitative estimate of drug-likeness (QED) is 0.607. The van der Waals surface area contributed by atoms with Crippen molar-refractivity contribution in [2.24, 2.45) is 0 Å². The van der Waals surface area contributed by atoms with Crippen LogP contribution in [0.25, 0.3) is 4.85 Å². The average molecular weight is 220 g/mol. The number of nitrogens with two attached hydrogens (primary N) is 1. The van der Waals surface area contributed by atoms with Gasteiger partial charge in [0.2, 0.25) is 0 Å². The third-order valence-electron chi connectivity index (χ3n) is 1.74. The van der Waals surface area contributed by atoms with Crippen LogP contribution in [0.4, 0.5) is 11.5 Å². The zero-order valence-electron chi connectivity index (χ0n) is 8.24. The van der Waals surface area contributed by atoms with Gasteiger partial charge in [0.25, 0.3) is 5.69 Å². The summed E-state index contributed by atoms with van der Waals surface area (Å²) in [7, 11) is 1.40. The SMILES string of the molecule is [C-]#[N+]c1c(N)nc(SC)c(C#N)c1OC. The maximum absolute atomic E-state index is 8.95. The molecule has 2 N–H and O–H groups in total. The Morgan fingerprint density at radius 3 is 2.73 bits per heavy atom. The van der Waals surface area contributed by atoms with Gasteiger partial charge in [-0.15, -0.1) is 11.8 Å². The summed E-state index contributed by atoms with van der Waals surface area (Å²) in [5.74, 6) is 0.287. The predicted molar refractivity (Wildman–Crippen MR) is 58.0 cm³/mol. The van der Waals surface area contributed by atoms with Gasteiger partial charge in [-0.3, -0.25) is 0 Å². The van der Waals surface area contributed by atoms with Crippen LogP contribution in [0.1, 0.15) is 5.56 Å². The van der Waals surface area contributed by atoms with Gasteiger partial charge in [-0.25, -0.2) is 9.83 Å². The Bertz CT molecular complexity index is 472. The molecule has 0 radical (unpaired) electrons. The lowest BCUT2D eigenvalue weighted by atomic mass is 10.2. The lowest BCUT2D eigenvalue weighted by molar-refractivity contribution is 0.414. The minimum Gasteiger partial charge on any atom is -0.506 e. The summed E-state index contributed by atoms with van der Waals surface area (Å²) in [6.45, 7) is 6.94. The van der Waals surface area contributed by atoms with Crippen LogP contribution >= 0.6 is 11.8 Å². The average Bonchev–Trinajstić information content (AvgIpc) is 2.27. The van der Waals surface area contributed by atoms with Crippen molar-refractivity contribution in [3.05, 3.63) is 17.0 Å². The molecule has 0 amide bonds. The number of methoxy groups -OCH3 is 1. The van der Waals surface area contributed by atoms with Crippen molar-refractivity contribution in [3.8, 4) is 11.8 Å². The van der Waals surface area contributed by atoms with E-state index in [0.717, 1.165) is 0 Å². The molecule has 0 aliphatic heterocycles. The van der Waals surface area contributed by atoms with Gasteiger partial charge in [-0.2, -0.15) is 5.26 Å². The second-order valence-electron chi connectivity index (χ2n) is 2.49. The molecule has 0 aliphatic carbocycles. The first-order valence-corrected chi connectivity index (χ1v) is 5.11. The van der Waals surface area contributed by atoms with E-state index in [1.54, 1.807) is 6.26 Å². The van der Waals surface area contributed by atoms with Crippen molar-refractivity contribution in [1.82, 2.24) is 4.98 Å². The van der Waals surface area contributed by atoms with Gasteiger partial charge in [0, 0.05) is 0 Å². The summed E-state index contributed by atoms with van der Waals surface area (Å²) in [6, 6.07) is 1.96. The first-order valence-electron chi connectivity index (χ1n) is 3.88. The van der Waals surface area contributed by atoms with Crippen LogP contribution in [-0.2, 0) is 0 Å². The van der Waals surface area contributed by atoms with E-state index in [9.17, 15) is 0 Å². The molecule has 0 spiro atoms. The Morgan fingerprint density at radius 1 is 1.67 bits per heavy atom. The smallest absolute Gasteiger partial charge is 0.270 e. The van der Waals surface area contributed by atoms with Gasteiger partial charge < -0.3 is 10.5 Å². The molecule has 0 saturated heterocycles. The van der Waals surface area contributed by atoms with E-state index in [1.807, 2.05) is 6.07 Å². The Morgan fingerprint density at radius 2 is 2.33 bits per heavy atom. The number of nitrogens with zero attached hydrogens (tertiary/aromatic N) is 3. The number of hydrogen-bond donors (Lipinski definition) is 1. The van der Waals surface area contributed by atoms with Gasteiger partial charge in [0.1, 0.15) is 22.5 Å². The number of hydrogen-bond acceptors (Lipinski definition) is 5. The van der Waals surface area contributed by atoms with Crippen LogP contribution in [0, 0.1) is 17.9 Å². The molecule has 0 saturated carbocycles. The number of ether oxygens (including phenoxy) is 1. The van der Waals surface area contributed by atoms with Crippen LogP contribution in [-0.4, -0.2) is 18.3 Å². The van der Waals surface area contributed by atoms with Crippen LogP contribution in [0.5, 0.6) is 5.75 Å². The molecule has 0 unspecified atom stereocenters. The zero-order chi connectivity index (χ0) is 11.4. The largest absolute Gasteiger partial charge is 0.506 e. The maximum atomic E-state index is 8.95. The summed E-state index contributed by atoms with van der Waals surface area (Å²) in [6.07, 6.45) is 1.78. The van der Waals surface area contributed by atoms with E-state index < -0.39 is 0 Å². The third kappa shape index (κ3) is 1.80. The van der Waals surface area contributed by atoms with Crippen molar-refractivity contribution >= 4 is 23.3 Å². The molecule has 0 atom stereocenters. The van der Waals surface area contributed by atoms with E-state index in [1.165, 1.54) is 18.9 Å². The lowest BCUT2D eigenvalue weighted by Gasteiger charge is -2.09. The molecular formula is C9H8N4OS. The number of aromatic nitrogens is 1. The van der Waals surface area contributed by atoms with Crippen molar-refractivity contribution in [3.63, 3.8) is 0 Å². The molecular weight excluding hydrogens is 212 g/mol. The number of pyridine rings is 1. The summed E-state index contributed by atoms with van der Waals surface area (Å²) in [5.41, 5.74) is 5.92. The minimum atomic E-state index is 0.0881. The third-order valence-corrected chi connectivity index (χ3v) is 2.42. The van der Waals surface area contributed by atoms with Crippen molar-refractivity contribution in [1.29, 1.82) is 5.26 Å². The fourth-order valence-corrected chi connectivity index (χ4v) is 1.64. The molecule has 1 aromatic rings. The minimum absolute atomic E-state index is 0.0881. The molecule has 0 bridgehead atoms. The van der Waals surface area contributed by atoms with Crippen LogP contribution in [0.3, 0.4) is 0 Å². The molecule has 0 aromatic carbocycles. The van der Waals surface area contributed by atoms with Crippen LogP contribution in [0.2, 0.25) is 0 Å². The lowest BCUT2D eigenvalue weighted by Crippen LogP contribution is -1.99. The van der Waals surface area contributed by atoms with Crippen LogP contribution in [0.15, 0.2) is 5.03 Å². The van der Waals surface area contributed by atoms with E-state index in [0.29, 0.717) is 5.03 Å². The molecule has 1 rings (SSSR count). The molecule has 15 heavy (non-hydrogen) atoms. The number of anilines is 1. The van der Waals surface area contributed by atoms with Gasteiger partial charge >= 0.3 is 0 Å².